The van der Waals surface area contributed by atoms with Gasteiger partial charge in [-0.05, 0) is 62.4 Å². The maximum absolute atomic E-state index is 13.7. The van der Waals surface area contributed by atoms with Crippen molar-refractivity contribution >= 4 is 43.2 Å². The Morgan fingerprint density at radius 3 is 2.29 bits per heavy atom. The van der Waals surface area contributed by atoms with Crippen LogP contribution in [0.25, 0.3) is 0 Å². The number of anilines is 1. The van der Waals surface area contributed by atoms with Gasteiger partial charge in [0.05, 0.1) is 40.2 Å². The minimum absolute atomic E-state index is 0.0251. The molecule has 4 rings (SSSR count). The molecule has 0 bridgehead atoms. The van der Waals surface area contributed by atoms with E-state index in [4.69, 9.17) is 16.3 Å². The lowest BCUT2D eigenvalue weighted by atomic mass is 9.99. The van der Waals surface area contributed by atoms with Gasteiger partial charge in [0.25, 0.3) is 15.9 Å². The van der Waals surface area contributed by atoms with E-state index in [9.17, 15) is 26.7 Å². The SMILES string of the molecule is Cc1ccc(S(=O)(=O)Nc2cccc3c2O[C@@H](CN(C)S(=O)(=O)c2ccc(Cl)cc2)[C@@H](C)CN([C@H](C)CO)C3=O)cc1. The van der Waals surface area contributed by atoms with Gasteiger partial charge in [-0.1, -0.05) is 42.3 Å². The smallest absolute Gasteiger partial charge is 0.262 e. The average Bonchev–Trinajstić information content (AvgIpc) is 2.95. The number of ether oxygens (including phenoxy) is 1. The number of benzene rings is 3. The standard InChI is InChI=1S/C29H34ClN3O7S2/c1-19-8-12-23(13-9-19)41(36,37)31-26-7-5-6-25-28(26)40-27(20(2)16-33(29(25)35)21(3)18-34)17-32(4)42(38,39)24-14-10-22(30)11-15-24/h5-15,20-21,27,31,34H,16-18H2,1-4H3/t20-,21+,27-/m0/s1. The maximum atomic E-state index is 13.7. The molecule has 0 unspecified atom stereocenters. The molecule has 226 valence electrons. The topological polar surface area (TPSA) is 133 Å². The number of fused-ring (bicyclic) bond motifs is 1. The fourth-order valence-electron chi connectivity index (χ4n) is 4.60. The molecule has 2 N–H and O–H groups in total. The Hall–Kier alpha value is -3.16. The largest absolute Gasteiger partial charge is 0.486 e. The quantitative estimate of drug-likeness (QED) is 0.363. The van der Waals surface area contributed by atoms with E-state index < -0.39 is 44.0 Å². The summed E-state index contributed by atoms with van der Waals surface area (Å²) in [6.45, 7) is 5.10. The Kier molecular flexibility index (Phi) is 9.53. The number of para-hydroxylation sites is 1. The predicted octanol–water partition coefficient (Wildman–Crippen LogP) is 3.99. The van der Waals surface area contributed by atoms with Crippen LogP contribution in [-0.4, -0.2) is 75.9 Å². The number of amides is 1. The van der Waals surface area contributed by atoms with Crippen molar-refractivity contribution in [1.82, 2.24) is 9.21 Å². The van der Waals surface area contributed by atoms with E-state index in [1.807, 2.05) is 13.8 Å². The van der Waals surface area contributed by atoms with Gasteiger partial charge in [-0.25, -0.2) is 16.8 Å². The van der Waals surface area contributed by atoms with Gasteiger partial charge in [-0.3, -0.25) is 9.52 Å². The van der Waals surface area contributed by atoms with Crippen molar-refractivity contribution in [2.24, 2.45) is 5.92 Å². The van der Waals surface area contributed by atoms with Gasteiger partial charge in [0.1, 0.15) is 6.10 Å². The number of nitrogens with zero attached hydrogens (tertiary/aromatic N) is 2. The van der Waals surface area contributed by atoms with Crippen molar-refractivity contribution < 1.29 is 31.5 Å². The minimum Gasteiger partial charge on any atom is -0.486 e. The Balaban J connectivity index is 1.76. The zero-order valence-corrected chi connectivity index (χ0v) is 26.1. The lowest BCUT2D eigenvalue weighted by Crippen LogP contribution is -2.50. The number of hydrogen-bond donors (Lipinski definition) is 2. The molecule has 0 fully saturated rings. The number of sulfonamides is 2. The van der Waals surface area contributed by atoms with Crippen molar-refractivity contribution in [3.8, 4) is 5.75 Å². The fraction of sp³-hybridized carbons (Fsp3) is 0.345. The van der Waals surface area contributed by atoms with Crippen LogP contribution < -0.4 is 9.46 Å². The summed E-state index contributed by atoms with van der Waals surface area (Å²) in [6, 6.07) is 16.1. The molecule has 3 aromatic rings. The fourth-order valence-corrected chi connectivity index (χ4v) is 6.97. The van der Waals surface area contributed by atoms with Gasteiger partial charge >= 0.3 is 0 Å². The number of rotatable bonds is 9. The van der Waals surface area contributed by atoms with Crippen molar-refractivity contribution in [2.75, 3.05) is 31.5 Å². The lowest BCUT2D eigenvalue weighted by Gasteiger charge is -2.38. The molecule has 1 amide bonds. The lowest BCUT2D eigenvalue weighted by molar-refractivity contribution is 0.0389. The highest BCUT2D eigenvalue weighted by molar-refractivity contribution is 7.92. The number of halogens is 1. The zero-order chi connectivity index (χ0) is 30.8. The highest BCUT2D eigenvalue weighted by atomic mass is 35.5. The number of hydrogen-bond acceptors (Lipinski definition) is 7. The number of aliphatic hydroxyl groups is 1. The van der Waals surface area contributed by atoms with Gasteiger partial charge in [-0.15, -0.1) is 0 Å². The molecule has 13 heteroatoms. The van der Waals surface area contributed by atoms with Gasteiger partial charge < -0.3 is 14.7 Å². The van der Waals surface area contributed by atoms with E-state index in [0.717, 1.165) is 9.87 Å². The van der Waals surface area contributed by atoms with E-state index in [1.54, 1.807) is 19.1 Å². The number of nitrogens with one attached hydrogen (secondary N) is 1. The Labute approximate surface area is 252 Å². The molecule has 0 spiro atoms. The van der Waals surface area contributed by atoms with Crippen LogP contribution in [0, 0.1) is 12.8 Å². The molecule has 10 nitrogen and oxygen atoms in total. The van der Waals surface area contributed by atoms with Crippen LogP contribution in [0.2, 0.25) is 5.02 Å². The predicted molar refractivity (Wildman–Crippen MR) is 161 cm³/mol. The molecule has 1 aliphatic rings. The second kappa shape index (κ2) is 12.6. The monoisotopic (exact) mass is 635 g/mol. The van der Waals surface area contributed by atoms with E-state index in [0.29, 0.717) is 5.02 Å². The molecular formula is C29H34ClN3O7S2. The third kappa shape index (κ3) is 6.73. The van der Waals surface area contributed by atoms with Crippen LogP contribution in [0.15, 0.2) is 76.5 Å². The van der Waals surface area contributed by atoms with Gasteiger partial charge in [0, 0.05) is 24.5 Å². The summed E-state index contributed by atoms with van der Waals surface area (Å²) in [5.41, 5.74) is 1.00. The molecule has 0 aromatic heterocycles. The summed E-state index contributed by atoms with van der Waals surface area (Å²) in [5.74, 6) is -0.890. The van der Waals surface area contributed by atoms with Gasteiger partial charge in [0.15, 0.2) is 5.75 Å². The molecule has 0 saturated carbocycles. The van der Waals surface area contributed by atoms with E-state index in [1.165, 1.54) is 66.5 Å². The first-order valence-corrected chi connectivity index (χ1v) is 16.6. The molecule has 1 heterocycles. The first-order valence-electron chi connectivity index (χ1n) is 13.3. The highest BCUT2D eigenvalue weighted by Gasteiger charge is 2.36. The molecular weight excluding hydrogens is 602 g/mol. The molecule has 0 aliphatic carbocycles. The highest BCUT2D eigenvalue weighted by Crippen LogP contribution is 2.36. The van der Waals surface area contributed by atoms with Crippen molar-refractivity contribution in [1.29, 1.82) is 0 Å². The van der Waals surface area contributed by atoms with Gasteiger partial charge in [-0.2, -0.15) is 4.31 Å². The van der Waals surface area contributed by atoms with Crippen molar-refractivity contribution in [3.63, 3.8) is 0 Å². The number of carbonyl (C=O) groups is 1. The number of carbonyl (C=O) groups excluding carboxylic acids is 1. The third-order valence-electron chi connectivity index (χ3n) is 7.23. The summed E-state index contributed by atoms with van der Waals surface area (Å²) in [5, 5.41) is 10.3. The molecule has 0 saturated heterocycles. The summed E-state index contributed by atoms with van der Waals surface area (Å²) >= 11 is 5.94. The van der Waals surface area contributed by atoms with E-state index >= 15 is 0 Å². The normalized spacial score (nSPS) is 18.5. The number of aryl methyl sites for hydroxylation is 1. The maximum Gasteiger partial charge on any atom is 0.262 e. The Morgan fingerprint density at radius 1 is 1.05 bits per heavy atom. The average molecular weight is 636 g/mol. The van der Waals surface area contributed by atoms with E-state index in [-0.39, 0.29) is 46.5 Å². The first-order chi connectivity index (χ1) is 19.7. The number of aliphatic hydroxyl groups excluding tert-OH is 1. The van der Waals surface area contributed by atoms with Gasteiger partial charge in [0.2, 0.25) is 10.0 Å². The van der Waals surface area contributed by atoms with Crippen LogP contribution in [0.3, 0.4) is 0 Å². The second-order valence-electron chi connectivity index (χ2n) is 10.5. The third-order valence-corrected chi connectivity index (χ3v) is 10.7. The zero-order valence-electron chi connectivity index (χ0n) is 23.7. The van der Waals surface area contributed by atoms with Crippen LogP contribution in [0.4, 0.5) is 5.69 Å². The molecule has 42 heavy (non-hydrogen) atoms. The van der Waals surface area contributed by atoms with Crippen molar-refractivity contribution in [2.45, 2.75) is 42.7 Å². The molecule has 0 radical (unpaired) electrons. The molecule has 3 aromatic carbocycles. The van der Waals surface area contributed by atoms with Crippen LogP contribution in [0.5, 0.6) is 5.75 Å². The van der Waals surface area contributed by atoms with Crippen LogP contribution >= 0.6 is 11.6 Å². The minimum atomic E-state index is -4.07. The summed E-state index contributed by atoms with van der Waals surface area (Å²) in [7, 11) is -6.58. The number of likely N-dealkylation sites (N-methyl/N-ethyl adjacent to an activating group) is 1. The Morgan fingerprint density at radius 2 is 1.67 bits per heavy atom. The molecule has 3 atom stereocenters. The molecule has 1 aliphatic heterocycles. The Bertz CT molecular complexity index is 1650. The van der Waals surface area contributed by atoms with Crippen molar-refractivity contribution in [3.05, 3.63) is 82.9 Å². The summed E-state index contributed by atoms with van der Waals surface area (Å²) < 4.78 is 63.4. The summed E-state index contributed by atoms with van der Waals surface area (Å²) in [6.07, 6.45) is -0.803. The summed E-state index contributed by atoms with van der Waals surface area (Å²) in [4.78, 5) is 15.3. The van der Waals surface area contributed by atoms with Crippen LogP contribution in [-0.2, 0) is 20.0 Å². The van der Waals surface area contributed by atoms with E-state index in [2.05, 4.69) is 4.72 Å². The van der Waals surface area contributed by atoms with Crippen LogP contribution in [0.1, 0.15) is 29.8 Å². The second-order valence-corrected chi connectivity index (χ2v) is 14.6. The first kappa shape index (κ1) is 31.8.